The Balaban J connectivity index is 1.94. The molecule has 0 amide bonds. The third-order valence-electron chi connectivity index (χ3n) is 3.90. The lowest BCUT2D eigenvalue weighted by molar-refractivity contribution is 0.479. The minimum atomic E-state index is 0.242. The maximum atomic E-state index is 9.15. The van der Waals surface area contributed by atoms with Gasteiger partial charge in [-0.1, -0.05) is 0 Å². The summed E-state index contributed by atoms with van der Waals surface area (Å²) < 4.78 is 0. The Kier molecular flexibility index (Phi) is 4.58. The number of hydrogen-bond acceptors (Lipinski definition) is 6. The van der Waals surface area contributed by atoms with Crippen LogP contribution in [0.1, 0.15) is 32.4 Å². The van der Waals surface area contributed by atoms with Crippen LogP contribution in [0.3, 0.4) is 0 Å². The van der Waals surface area contributed by atoms with Gasteiger partial charge in [0.2, 0.25) is 0 Å². The lowest BCUT2D eigenvalue weighted by atomic mass is 10.1. The van der Waals surface area contributed by atoms with Crippen LogP contribution in [-0.4, -0.2) is 35.1 Å². The number of hydrogen-bond donors (Lipinski definition) is 3. The molecule has 0 aliphatic carbocycles. The molecular formula is C17H22N6. The van der Waals surface area contributed by atoms with Crippen LogP contribution < -0.4 is 16.0 Å². The van der Waals surface area contributed by atoms with E-state index in [1.165, 1.54) is 6.42 Å². The normalized spacial score (nSPS) is 17.9. The molecule has 6 nitrogen and oxygen atoms in total. The first kappa shape index (κ1) is 15.5. The van der Waals surface area contributed by atoms with E-state index in [2.05, 4.69) is 45.8 Å². The van der Waals surface area contributed by atoms with Crippen molar-refractivity contribution in [1.82, 2.24) is 15.3 Å². The fraction of sp³-hybridized carbons (Fsp3) is 0.471. The number of nitriles is 1. The molecular weight excluding hydrogens is 288 g/mol. The number of nitrogens with one attached hydrogen (secondary N) is 3. The topological polar surface area (TPSA) is 85.7 Å². The minimum Gasteiger partial charge on any atom is -0.367 e. The van der Waals surface area contributed by atoms with Gasteiger partial charge < -0.3 is 16.0 Å². The molecule has 120 valence electrons. The highest BCUT2D eigenvalue weighted by molar-refractivity contribution is 5.93. The zero-order valence-corrected chi connectivity index (χ0v) is 13.6. The summed E-state index contributed by atoms with van der Waals surface area (Å²) in [7, 11) is 0. The first-order valence-electron chi connectivity index (χ1n) is 8.10. The van der Waals surface area contributed by atoms with Crippen LogP contribution in [0, 0.1) is 11.3 Å². The minimum absolute atomic E-state index is 0.242. The van der Waals surface area contributed by atoms with Gasteiger partial charge in [-0.05, 0) is 45.4 Å². The molecule has 1 fully saturated rings. The van der Waals surface area contributed by atoms with Crippen molar-refractivity contribution in [3.63, 3.8) is 0 Å². The molecule has 0 radical (unpaired) electrons. The van der Waals surface area contributed by atoms with Crippen molar-refractivity contribution >= 4 is 22.4 Å². The fourth-order valence-corrected chi connectivity index (χ4v) is 2.85. The zero-order valence-electron chi connectivity index (χ0n) is 13.6. The Morgan fingerprint density at radius 1 is 1.39 bits per heavy atom. The van der Waals surface area contributed by atoms with Gasteiger partial charge >= 0.3 is 0 Å². The van der Waals surface area contributed by atoms with E-state index in [0.717, 1.165) is 41.9 Å². The van der Waals surface area contributed by atoms with E-state index in [1.807, 2.05) is 12.3 Å². The van der Waals surface area contributed by atoms with E-state index >= 15 is 0 Å². The van der Waals surface area contributed by atoms with Crippen molar-refractivity contribution in [1.29, 1.82) is 5.26 Å². The highest BCUT2D eigenvalue weighted by atomic mass is 15.1. The Bertz CT molecular complexity index is 728. The number of nitrogens with zero attached hydrogens (tertiary/aromatic N) is 3. The summed E-state index contributed by atoms with van der Waals surface area (Å²) in [6.07, 6.45) is 4.13. The molecule has 0 spiro atoms. The van der Waals surface area contributed by atoms with Gasteiger partial charge in [0, 0.05) is 35.6 Å². The summed E-state index contributed by atoms with van der Waals surface area (Å²) in [6, 6.07) is 6.55. The van der Waals surface area contributed by atoms with Crippen LogP contribution in [0.15, 0.2) is 18.3 Å². The molecule has 1 aliphatic heterocycles. The molecule has 0 bridgehead atoms. The molecule has 3 N–H and O–H groups in total. The first-order valence-corrected chi connectivity index (χ1v) is 8.10. The van der Waals surface area contributed by atoms with Gasteiger partial charge in [0.1, 0.15) is 23.4 Å². The van der Waals surface area contributed by atoms with Crippen molar-refractivity contribution in [2.24, 2.45) is 0 Å². The number of rotatable bonds is 4. The van der Waals surface area contributed by atoms with E-state index in [1.54, 1.807) is 6.07 Å². The molecule has 0 unspecified atom stereocenters. The van der Waals surface area contributed by atoms with Gasteiger partial charge in [0.25, 0.3) is 0 Å². The van der Waals surface area contributed by atoms with E-state index in [9.17, 15) is 0 Å². The lowest BCUT2D eigenvalue weighted by Gasteiger charge is -2.24. The second kappa shape index (κ2) is 6.80. The van der Waals surface area contributed by atoms with E-state index < -0.39 is 0 Å². The van der Waals surface area contributed by atoms with Crippen molar-refractivity contribution in [3.05, 3.63) is 24.0 Å². The second-order valence-electron chi connectivity index (χ2n) is 6.25. The van der Waals surface area contributed by atoms with Gasteiger partial charge in [-0.3, -0.25) is 0 Å². The standard InChI is InChI=1S/C17H22N6/c1-11(2)21-17-15-7-16(22-13-4-3-5-19-10-13)20-9-12(15)6-14(8-18)23-17/h6-7,9,11,13,19H,3-5,10H2,1-2H3,(H,20,22)(H,21,23)/t13-/m0/s1. The predicted octanol–water partition coefficient (Wildman–Crippen LogP) is 2.49. The van der Waals surface area contributed by atoms with Gasteiger partial charge in [0.05, 0.1) is 0 Å². The lowest BCUT2D eigenvalue weighted by Crippen LogP contribution is -2.38. The zero-order chi connectivity index (χ0) is 16.2. The molecule has 0 aromatic carbocycles. The summed E-state index contributed by atoms with van der Waals surface area (Å²) in [6.45, 7) is 6.16. The van der Waals surface area contributed by atoms with Crippen molar-refractivity contribution in [3.8, 4) is 6.07 Å². The largest absolute Gasteiger partial charge is 0.367 e. The monoisotopic (exact) mass is 310 g/mol. The van der Waals surface area contributed by atoms with Crippen LogP contribution >= 0.6 is 0 Å². The molecule has 23 heavy (non-hydrogen) atoms. The van der Waals surface area contributed by atoms with Gasteiger partial charge in [-0.2, -0.15) is 5.26 Å². The molecule has 2 aromatic heterocycles. The first-order chi connectivity index (χ1) is 11.2. The Morgan fingerprint density at radius 3 is 2.96 bits per heavy atom. The summed E-state index contributed by atoms with van der Waals surface area (Å²) in [5.74, 6) is 1.59. The van der Waals surface area contributed by atoms with E-state index in [4.69, 9.17) is 5.26 Å². The van der Waals surface area contributed by atoms with Crippen molar-refractivity contribution in [2.45, 2.75) is 38.8 Å². The maximum Gasteiger partial charge on any atom is 0.143 e. The number of anilines is 2. The van der Waals surface area contributed by atoms with Crippen LogP contribution in [0.2, 0.25) is 0 Å². The summed E-state index contributed by atoms with van der Waals surface area (Å²) in [4.78, 5) is 8.90. The molecule has 6 heteroatoms. The van der Waals surface area contributed by atoms with Gasteiger partial charge in [-0.25, -0.2) is 9.97 Å². The SMILES string of the molecule is CC(C)Nc1nc(C#N)cc2cnc(N[C@H]3CCCNC3)cc12. The Hall–Kier alpha value is -2.39. The number of piperidine rings is 1. The average Bonchev–Trinajstić information content (AvgIpc) is 2.55. The van der Waals surface area contributed by atoms with E-state index in [-0.39, 0.29) is 6.04 Å². The molecule has 1 saturated heterocycles. The summed E-state index contributed by atoms with van der Waals surface area (Å²) in [5, 5.41) is 21.3. The van der Waals surface area contributed by atoms with Crippen LogP contribution in [0.25, 0.3) is 10.8 Å². The predicted molar refractivity (Wildman–Crippen MR) is 92.5 cm³/mol. The highest BCUT2D eigenvalue weighted by Crippen LogP contribution is 2.25. The number of fused-ring (bicyclic) bond motifs is 1. The van der Waals surface area contributed by atoms with E-state index in [0.29, 0.717) is 11.7 Å². The molecule has 3 heterocycles. The van der Waals surface area contributed by atoms with Crippen molar-refractivity contribution < 1.29 is 0 Å². The van der Waals surface area contributed by atoms with Gasteiger partial charge in [0.15, 0.2) is 0 Å². The number of pyridine rings is 2. The Labute approximate surface area is 136 Å². The molecule has 0 saturated carbocycles. The quantitative estimate of drug-likeness (QED) is 0.804. The molecule has 1 aliphatic rings. The number of aromatic nitrogens is 2. The smallest absolute Gasteiger partial charge is 0.143 e. The maximum absolute atomic E-state index is 9.15. The van der Waals surface area contributed by atoms with Crippen LogP contribution in [0.4, 0.5) is 11.6 Å². The fourth-order valence-electron chi connectivity index (χ4n) is 2.85. The third-order valence-corrected chi connectivity index (χ3v) is 3.90. The molecule has 1 atom stereocenters. The van der Waals surface area contributed by atoms with Crippen LogP contribution in [0.5, 0.6) is 0 Å². The van der Waals surface area contributed by atoms with Gasteiger partial charge in [-0.15, -0.1) is 0 Å². The van der Waals surface area contributed by atoms with Crippen LogP contribution in [-0.2, 0) is 0 Å². The highest BCUT2D eigenvalue weighted by Gasteiger charge is 2.14. The molecule has 2 aromatic rings. The van der Waals surface area contributed by atoms with Crippen molar-refractivity contribution in [2.75, 3.05) is 23.7 Å². The summed E-state index contributed by atoms with van der Waals surface area (Å²) in [5.41, 5.74) is 0.402. The second-order valence-corrected chi connectivity index (χ2v) is 6.25. The molecule has 3 rings (SSSR count). The summed E-state index contributed by atoms with van der Waals surface area (Å²) >= 11 is 0. The Morgan fingerprint density at radius 2 is 2.26 bits per heavy atom. The third kappa shape index (κ3) is 3.69. The average molecular weight is 310 g/mol.